The first-order chi connectivity index (χ1) is 14.0. The minimum atomic E-state index is -0.161. The number of nitrogens with zero attached hydrogens (tertiary/aromatic N) is 3. The molecule has 1 saturated heterocycles. The fourth-order valence-electron chi connectivity index (χ4n) is 3.45. The zero-order valence-corrected chi connectivity index (χ0v) is 17.5. The van der Waals surface area contributed by atoms with Crippen LogP contribution in [0.15, 0.2) is 12.1 Å². The summed E-state index contributed by atoms with van der Waals surface area (Å²) in [6.45, 7) is 5.52. The molecule has 2 aliphatic rings. The van der Waals surface area contributed by atoms with Gasteiger partial charge in [0.1, 0.15) is 5.75 Å². The lowest BCUT2D eigenvalue weighted by Crippen LogP contribution is -2.45. The van der Waals surface area contributed by atoms with Crippen molar-refractivity contribution in [3.63, 3.8) is 0 Å². The maximum atomic E-state index is 12.3. The van der Waals surface area contributed by atoms with Crippen molar-refractivity contribution in [1.82, 2.24) is 25.5 Å². The fourth-order valence-corrected chi connectivity index (χ4v) is 4.02. The molecular weight excluding hydrogens is 415 g/mol. The van der Waals surface area contributed by atoms with Gasteiger partial charge in [-0.2, -0.15) is 0 Å². The van der Waals surface area contributed by atoms with Gasteiger partial charge < -0.3 is 26.0 Å². The monoisotopic (exact) mass is 436 g/mol. The first-order valence-electron chi connectivity index (χ1n) is 9.47. The van der Waals surface area contributed by atoms with Gasteiger partial charge in [0.05, 0.1) is 41.7 Å². The van der Waals surface area contributed by atoms with Crippen LogP contribution in [0.1, 0.15) is 18.2 Å². The third kappa shape index (κ3) is 4.05. The number of aromatic nitrogens is 2. The predicted molar refractivity (Wildman–Crippen MR) is 112 cm³/mol. The number of carbonyl (C=O) groups is 1. The third-order valence-electron chi connectivity index (χ3n) is 5.01. The minimum absolute atomic E-state index is 0.122. The topological polar surface area (TPSA) is 105 Å². The van der Waals surface area contributed by atoms with E-state index in [1.807, 2.05) is 6.92 Å². The molecule has 0 radical (unpaired) electrons. The number of benzene rings is 1. The average Bonchev–Trinajstić information content (AvgIpc) is 3.04. The maximum absolute atomic E-state index is 12.3. The van der Waals surface area contributed by atoms with E-state index < -0.39 is 0 Å². The number of halogens is 2. The number of hydrogen-bond donors (Lipinski definition) is 3. The van der Waals surface area contributed by atoms with Crippen LogP contribution in [0, 0.1) is 5.92 Å². The summed E-state index contributed by atoms with van der Waals surface area (Å²) >= 11 is 12.8. The van der Waals surface area contributed by atoms with Gasteiger partial charge in [-0.05, 0) is 19.1 Å². The Bertz CT molecular complexity index is 951. The molecule has 0 unspecified atom stereocenters. The summed E-state index contributed by atoms with van der Waals surface area (Å²) in [6, 6.07) is 3.22. The van der Waals surface area contributed by atoms with Gasteiger partial charge in [0.25, 0.3) is 0 Å². The van der Waals surface area contributed by atoms with Gasteiger partial charge in [0, 0.05) is 36.1 Å². The van der Waals surface area contributed by atoms with Crippen molar-refractivity contribution in [2.75, 3.05) is 32.0 Å². The molecule has 1 aromatic heterocycles. The van der Waals surface area contributed by atoms with E-state index in [4.69, 9.17) is 33.7 Å². The fraction of sp³-hybridized carbons (Fsp3) is 0.421. The van der Waals surface area contributed by atoms with E-state index in [1.54, 1.807) is 17.0 Å². The van der Waals surface area contributed by atoms with Crippen LogP contribution in [-0.4, -0.2) is 47.1 Å². The molecule has 1 fully saturated rings. The molecule has 0 aliphatic carbocycles. The number of hydrogen-bond acceptors (Lipinski definition) is 6. The highest BCUT2D eigenvalue weighted by Gasteiger charge is 2.30. The molecule has 2 aliphatic heterocycles. The molecule has 2 aromatic rings. The number of rotatable bonds is 5. The van der Waals surface area contributed by atoms with Crippen molar-refractivity contribution in [1.29, 1.82) is 0 Å². The zero-order chi connectivity index (χ0) is 20.5. The van der Waals surface area contributed by atoms with E-state index in [1.165, 1.54) is 0 Å². The van der Waals surface area contributed by atoms with Gasteiger partial charge in [-0.25, -0.2) is 14.8 Å². The van der Waals surface area contributed by atoms with Crippen molar-refractivity contribution in [2.45, 2.75) is 20.0 Å². The number of ether oxygens (including phenoxy) is 1. The van der Waals surface area contributed by atoms with Crippen LogP contribution in [0.3, 0.4) is 0 Å². The summed E-state index contributed by atoms with van der Waals surface area (Å²) in [5.41, 5.74) is 8.68. The number of nitrogens with one attached hydrogen (secondary N) is 2. The summed E-state index contributed by atoms with van der Waals surface area (Å²) in [5.74, 6) is 1.11. The van der Waals surface area contributed by atoms with Crippen molar-refractivity contribution >= 4 is 35.2 Å². The Balaban J connectivity index is 1.73. The van der Waals surface area contributed by atoms with Gasteiger partial charge in [-0.15, -0.1) is 0 Å². The first kappa shape index (κ1) is 20.0. The lowest BCUT2D eigenvalue weighted by Gasteiger charge is -2.27. The van der Waals surface area contributed by atoms with Gasteiger partial charge in [-0.3, -0.25) is 0 Å². The van der Waals surface area contributed by atoms with Crippen molar-refractivity contribution < 1.29 is 9.53 Å². The Kier molecular flexibility index (Phi) is 5.67. The van der Waals surface area contributed by atoms with Crippen LogP contribution in [0.2, 0.25) is 10.0 Å². The zero-order valence-electron chi connectivity index (χ0n) is 16.0. The van der Waals surface area contributed by atoms with E-state index in [-0.39, 0.29) is 12.0 Å². The molecule has 0 atom stereocenters. The molecule has 3 heterocycles. The molecule has 10 heteroatoms. The summed E-state index contributed by atoms with van der Waals surface area (Å²) in [4.78, 5) is 22.8. The van der Waals surface area contributed by atoms with Crippen LogP contribution >= 0.6 is 23.2 Å². The van der Waals surface area contributed by atoms with E-state index in [0.29, 0.717) is 64.9 Å². The normalized spacial score (nSPS) is 15.8. The summed E-state index contributed by atoms with van der Waals surface area (Å²) in [7, 11) is 0. The number of urea groups is 1. The number of nitrogens with two attached hydrogens (primary N) is 1. The number of amides is 2. The predicted octanol–water partition coefficient (Wildman–Crippen LogP) is 2.68. The van der Waals surface area contributed by atoms with Crippen LogP contribution in [0.25, 0.3) is 11.3 Å². The minimum Gasteiger partial charge on any atom is -0.492 e. The van der Waals surface area contributed by atoms with Crippen LogP contribution in [-0.2, 0) is 13.1 Å². The van der Waals surface area contributed by atoms with Gasteiger partial charge >= 0.3 is 6.03 Å². The molecule has 4 N–H and O–H groups in total. The quantitative estimate of drug-likeness (QED) is 0.665. The highest BCUT2D eigenvalue weighted by atomic mass is 35.5. The Morgan fingerprint density at radius 2 is 2.14 bits per heavy atom. The summed E-state index contributed by atoms with van der Waals surface area (Å²) in [5, 5.41) is 6.91. The lowest BCUT2D eigenvalue weighted by molar-refractivity contribution is 0.199. The first-order valence-corrected chi connectivity index (χ1v) is 10.2. The molecule has 1 aromatic carbocycles. The average molecular weight is 437 g/mol. The highest BCUT2D eigenvalue weighted by Crippen LogP contribution is 2.42. The Hall–Kier alpha value is -2.29. The molecule has 2 amide bonds. The third-order valence-corrected chi connectivity index (χ3v) is 5.53. The standard InChI is InChI=1S/C19H22Cl2N6O2/c1-2-24-19(28)27-7-12-14(8-27)25-18(22)26-17(12)16-13(21)3-11(20)4-15(16)29-9-10-5-23-6-10/h3-4,10,23H,2,5-9H2,1H3,(H,24,28)(H2,22,25,26). The summed E-state index contributed by atoms with van der Waals surface area (Å²) in [6.07, 6.45) is 0. The Labute approximate surface area is 178 Å². The maximum Gasteiger partial charge on any atom is 0.318 e. The molecule has 29 heavy (non-hydrogen) atoms. The molecule has 0 spiro atoms. The molecule has 0 saturated carbocycles. The van der Waals surface area contributed by atoms with Gasteiger partial charge in [0.15, 0.2) is 0 Å². The second-order valence-electron chi connectivity index (χ2n) is 7.14. The lowest BCUT2D eigenvalue weighted by atomic mass is 10.0. The largest absolute Gasteiger partial charge is 0.492 e. The SMILES string of the molecule is CCNC(=O)N1Cc2nc(N)nc(-c3c(Cl)cc(Cl)cc3OCC3CNC3)c2C1. The Morgan fingerprint density at radius 1 is 1.34 bits per heavy atom. The molecular formula is C19H22Cl2N6O2. The van der Waals surface area contributed by atoms with E-state index >= 15 is 0 Å². The van der Waals surface area contributed by atoms with Crippen LogP contribution < -0.4 is 21.1 Å². The molecule has 8 nitrogen and oxygen atoms in total. The van der Waals surface area contributed by atoms with Gasteiger partial charge in [0.2, 0.25) is 5.95 Å². The van der Waals surface area contributed by atoms with Crippen LogP contribution in [0.4, 0.5) is 10.7 Å². The smallest absolute Gasteiger partial charge is 0.318 e. The second-order valence-corrected chi connectivity index (χ2v) is 7.99. The van der Waals surface area contributed by atoms with E-state index in [0.717, 1.165) is 18.7 Å². The number of anilines is 1. The van der Waals surface area contributed by atoms with Crippen molar-refractivity contribution in [2.24, 2.45) is 5.92 Å². The number of nitrogen functional groups attached to an aromatic ring is 1. The summed E-state index contributed by atoms with van der Waals surface area (Å²) < 4.78 is 6.07. The van der Waals surface area contributed by atoms with E-state index in [9.17, 15) is 4.79 Å². The van der Waals surface area contributed by atoms with Gasteiger partial charge in [-0.1, -0.05) is 23.2 Å². The second kappa shape index (κ2) is 8.22. The Morgan fingerprint density at radius 3 is 2.83 bits per heavy atom. The number of carbonyl (C=O) groups excluding carboxylic acids is 1. The van der Waals surface area contributed by atoms with E-state index in [2.05, 4.69) is 20.6 Å². The molecule has 4 rings (SSSR count). The van der Waals surface area contributed by atoms with Crippen molar-refractivity contribution in [3.8, 4) is 17.0 Å². The van der Waals surface area contributed by atoms with Crippen LogP contribution in [0.5, 0.6) is 5.75 Å². The highest BCUT2D eigenvalue weighted by molar-refractivity contribution is 6.37. The molecule has 0 bridgehead atoms. The van der Waals surface area contributed by atoms with Crippen molar-refractivity contribution in [3.05, 3.63) is 33.4 Å². The number of fused-ring (bicyclic) bond motifs is 1. The molecule has 154 valence electrons.